The topological polar surface area (TPSA) is 380 Å². The lowest BCUT2D eigenvalue weighted by Gasteiger charge is -2.25. The number of carboxylic acid groups (broad SMARTS) is 1. The van der Waals surface area contributed by atoms with Crippen LogP contribution in [0, 0.1) is 0 Å². The number of carbonyl (C=O) groups is 6. The average molecular weight is 1100 g/mol. The molecule has 0 spiro atoms. The molecule has 0 aromatic heterocycles. The lowest BCUT2D eigenvalue weighted by molar-refractivity contribution is -0.132. The maximum absolute atomic E-state index is 13.6. The van der Waals surface area contributed by atoms with Crippen molar-refractivity contribution in [1.29, 1.82) is 0 Å². The number of fused-ring (bicyclic) bond motifs is 2. The molecule has 7 rings (SSSR count). The molecule has 5 amide bonds. The molecule has 4 bridgehead atoms. The summed E-state index contributed by atoms with van der Waals surface area (Å²) < 4.78 is 108. The summed E-state index contributed by atoms with van der Waals surface area (Å²) in [7, 11) is -15.5. The Morgan fingerprint density at radius 3 is 1.67 bits per heavy atom. The van der Waals surface area contributed by atoms with Gasteiger partial charge < -0.3 is 41.7 Å². The molecule has 5 aromatic rings. The van der Waals surface area contributed by atoms with Crippen molar-refractivity contribution in [1.82, 2.24) is 26.6 Å². The highest BCUT2D eigenvalue weighted by molar-refractivity contribution is 7.86. The highest BCUT2D eigenvalue weighted by Crippen LogP contribution is 2.43. The van der Waals surface area contributed by atoms with Gasteiger partial charge in [0.1, 0.15) is 46.9 Å². The summed E-state index contributed by atoms with van der Waals surface area (Å²) in [5.41, 5.74) is 4.10. The fourth-order valence-electron chi connectivity index (χ4n) is 8.31. The minimum atomic E-state index is -5.23. The van der Waals surface area contributed by atoms with E-state index in [-0.39, 0.29) is 43.1 Å². The first-order chi connectivity index (χ1) is 35.9. The molecule has 10 N–H and O–H groups in total. The predicted molar refractivity (Wildman–Crippen MR) is 273 cm³/mol. The molecule has 400 valence electrons. The normalized spacial score (nSPS) is 18.5. The van der Waals surface area contributed by atoms with E-state index >= 15 is 0 Å². The number of hydrogen-bond acceptors (Lipinski definition) is 15. The van der Waals surface area contributed by atoms with Crippen molar-refractivity contribution in [3.8, 4) is 33.8 Å². The second-order valence-corrected chi connectivity index (χ2v) is 21.7. The molecular formula is C49H49N7O17S3. The number of aromatic carboxylic acids is 1. The number of benzene rings is 5. The third-order valence-corrected chi connectivity index (χ3v) is 13.9. The molecule has 0 saturated heterocycles. The Balaban J connectivity index is 1.36. The second kappa shape index (κ2) is 23.6. The van der Waals surface area contributed by atoms with Crippen LogP contribution in [-0.2, 0) is 54.3 Å². The molecule has 5 aromatic carbocycles. The Morgan fingerprint density at radius 1 is 0.539 bits per heavy atom. The number of rotatable bonds is 10. The first kappa shape index (κ1) is 55.7. The van der Waals surface area contributed by atoms with E-state index < -0.39 is 114 Å². The van der Waals surface area contributed by atoms with Crippen LogP contribution in [0.2, 0.25) is 0 Å². The van der Waals surface area contributed by atoms with Crippen LogP contribution in [0.15, 0.2) is 114 Å². The lowest BCUT2D eigenvalue weighted by Crippen LogP contribution is -2.60. The zero-order valence-corrected chi connectivity index (χ0v) is 42.2. The van der Waals surface area contributed by atoms with Gasteiger partial charge in [-0.3, -0.25) is 42.6 Å². The molecule has 0 aliphatic carbocycles. The van der Waals surface area contributed by atoms with Crippen LogP contribution < -0.4 is 47.2 Å². The minimum Gasteiger partial charge on any atom is -0.478 e. The number of amides is 5. The minimum absolute atomic E-state index is 0.0281. The van der Waals surface area contributed by atoms with Crippen molar-refractivity contribution in [3.05, 3.63) is 136 Å². The van der Waals surface area contributed by atoms with Crippen molar-refractivity contribution in [2.24, 2.45) is 4.99 Å². The third kappa shape index (κ3) is 14.8. The van der Waals surface area contributed by atoms with E-state index in [2.05, 4.69) is 21.3 Å². The largest absolute Gasteiger partial charge is 0.478 e. The highest BCUT2D eigenvalue weighted by atomic mass is 32.2. The molecule has 2 aliphatic heterocycles. The van der Waals surface area contributed by atoms with Crippen LogP contribution in [0.5, 0.6) is 11.5 Å². The van der Waals surface area contributed by atoms with Gasteiger partial charge in [0.2, 0.25) is 29.5 Å². The third-order valence-electron chi connectivity index (χ3n) is 11.7. The highest BCUT2D eigenvalue weighted by Gasteiger charge is 2.35. The lowest BCUT2D eigenvalue weighted by atomic mass is 9.86. The molecule has 0 radical (unpaired) electrons. The molecule has 27 heteroatoms. The van der Waals surface area contributed by atoms with Gasteiger partial charge in [-0.2, -0.15) is 25.3 Å². The first-order valence-electron chi connectivity index (χ1n) is 23.0. The van der Waals surface area contributed by atoms with Gasteiger partial charge in [0.25, 0.3) is 30.4 Å². The van der Waals surface area contributed by atoms with Crippen molar-refractivity contribution in [2.75, 3.05) is 48.8 Å². The second-order valence-electron chi connectivity index (χ2n) is 17.3. The number of ether oxygens (including phenoxy) is 1. The van der Waals surface area contributed by atoms with Crippen LogP contribution in [-0.4, -0.2) is 141 Å². The monoisotopic (exact) mass is 1100 g/mol. The molecule has 24 nitrogen and oxygen atoms in total. The van der Waals surface area contributed by atoms with Crippen LogP contribution in [0.1, 0.15) is 34.3 Å². The van der Waals surface area contributed by atoms with E-state index in [0.717, 1.165) is 0 Å². The number of nitrogens with one attached hydrogen (secondary N) is 6. The van der Waals surface area contributed by atoms with Crippen molar-refractivity contribution < 1.29 is 77.5 Å². The quantitative estimate of drug-likeness (QED) is 0.0822. The molecule has 2 heterocycles. The maximum Gasteiger partial charge on any atom is 0.336 e. The van der Waals surface area contributed by atoms with E-state index in [1.54, 1.807) is 66.7 Å². The Labute approximate surface area is 434 Å². The van der Waals surface area contributed by atoms with Gasteiger partial charge >= 0.3 is 5.97 Å². The molecule has 3 atom stereocenters. The predicted octanol–water partition coefficient (Wildman–Crippen LogP) is 0.247. The van der Waals surface area contributed by atoms with Gasteiger partial charge in [0, 0.05) is 84.3 Å². The number of nitrogens with zero attached hydrogens (tertiary/aromatic N) is 1. The fourth-order valence-corrected chi connectivity index (χ4v) is 10.3. The average Bonchev–Trinajstić information content (AvgIpc) is 3.35. The SMILES string of the molecule is O=C1CCN=c2cc3c(cc2-c2ccccc2)=C(c2ccccc2C(=O)O)c2cc(-c4ccccc4)c(cc2O3)NCCC(=O)NC(CS(=O)(=O)O)C(=O)NC(CS(=O)(=O)O)C(=O)NC(CS(=O)(=O)O)C(=O)NCCN1. The van der Waals surface area contributed by atoms with Gasteiger partial charge in [-0.15, -0.1) is 0 Å². The zero-order valence-electron chi connectivity index (χ0n) is 39.8. The molecule has 76 heavy (non-hydrogen) atoms. The van der Waals surface area contributed by atoms with Crippen molar-refractivity contribution >= 4 is 77.1 Å². The van der Waals surface area contributed by atoms with Crippen LogP contribution >= 0.6 is 0 Å². The van der Waals surface area contributed by atoms with Crippen LogP contribution in [0.4, 0.5) is 5.69 Å². The maximum atomic E-state index is 13.6. The Bertz CT molecular complexity index is 3590. The molecule has 0 saturated carbocycles. The summed E-state index contributed by atoms with van der Waals surface area (Å²) in [6.45, 7) is -1.02. The standard InChI is InChI=1S/C49H49N7O17S3/c57-43-15-17-50-36-23-41-34(21-32(36)28-9-3-1-4-10-28)45(30-13-7-8-14-31(30)49(62)63)35-22-33(29-11-5-2-6-12-29)37(24-42(35)73-41)51-18-16-44(58)54-39(26-75(67,68)69)47(60)56-40(27-76(70,71)72)48(61)55-38(25-74(64,65)66)46(59)53-20-19-52-43/h1-14,21-24,38-40,51H,15-20,25-27H2,(H,52,57)(H,53,59)(H,54,58)(H,55,61)(H,56,60)(H,62,63)(H,64,65,66)(H,67,68,69)(H,70,71,72). The van der Waals surface area contributed by atoms with Gasteiger partial charge in [-0.25, -0.2) is 4.79 Å². The van der Waals surface area contributed by atoms with Gasteiger partial charge in [-0.1, -0.05) is 78.9 Å². The van der Waals surface area contributed by atoms with Gasteiger partial charge in [0.15, 0.2) is 0 Å². The number of carbonyl (C=O) groups excluding carboxylic acids is 5. The van der Waals surface area contributed by atoms with E-state index in [4.69, 9.17) is 9.73 Å². The van der Waals surface area contributed by atoms with Crippen molar-refractivity contribution in [2.45, 2.75) is 31.0 Å². The van der Waals surface area contributed by atoms with Crippen LogP contribution in [0.25, 0.3) is 27.8 Å². The van der Waals surface area contributed by atoms with Gasteiger partial charge in [-0.05, 0) is 34.9 Å². The first-order valence-corrected chi connectivity index (χ1v) is 27.8. The van der Waals surface area contributed by atoms with E-state index in [1.165, 1.54) is 6.07 Å². The molecule has 2 aliphatic rings. The summed E-state index contributed by atoms with van der Waals surface area (Å²) in [6, 6.07) is 24.5. The van der Waals surface area contributed by atoms with E-state index in [0.29, 0.717) is 55.2 Å². The summed E-state index contributed by atoms with van der Waals surface area (Å²) in [6.07, 6.45) is -0.727. The summed E-state index contributed by atoms with van der Waals surface area (Å²) in [4.78, 5) is 84.6. The Morgan fingerprint density at radius 2 is 1.08 bits per heavy atom. The smallest absolute Gasteiger partial charge is 0.336 e. The summed E-state index contributed by atoms with van der Waals surface area (Å²) in [5, 5.41) is 25.1. The molecule has 0 fully saturated rings. The number of anilines is 1. The summed E-state index contributed by atoms with van der Waals surface area (Å²) in [5.74, 6) is -11.6. The van der Waals surface area contributed by atoms with Crippen LogP contribution in [0.3, 0.4) is 0 Å². The molecule has 3 unspecified atom stereocenters. The van der Waals surface area contributed by atoms with Crippen molar-refractivity contribution in [3.63, 3.8) is 0 Å². The fraction of sp³-hybridized carbons (Fsp3) is 0.245. The number of hydrogen-bond donors (Lipinski definition) is 10. The van der Waals surface area contributed by atoms with E-state index in [9.17, 15) is 72.8 Å². The Kier molecular flexibility index (Phi) is 17.3. The Hall–Kier alpha value is -8.08. The number of carboxylic acids is 1. The van der Waals surface area contributed by atoms with Gasteiger partial charge in [0.05, 0.1) is 10.9 Å². The zero-order chi connectivity index (χ0) is 55.0. The molecular weight excluding hydrogens is 1050 g/mol. The summed E-state index contributed by atoms with van der Waals surface area (Å²) >= 11 is 0. The van der Waals surface area contributed by atoms with E-state index in [1.807, 2.05) is 47.0 Å².